The van der Waals surface area contributed by atoms with Gasteiger partial charge in [0.25, 0.3) is 0 Å². The highest BCUT2D eigenvalue weighted by Crippen LogP contribution is 2.24. The lowest BCUT2D eigenvalue weighted by atomic mass is 10.1. The minimum Gasteiger partial charge on any atom is -0.408 e. The number of benzene rings is 4. The van der Waals surface area contributed by atoms with Crippen molar-refractivity contribution in [3.05, 3.63) is 126 Å². The molecule has 8 rings (SSSR count). The summed E-state index contributed by atoms with van der Waals surface area (Å²) in [5, 5.41) is 5.57. The van der Waals surface area contributed by atoms with Crippen LogP contribution >= 0.6 is 11.3 Å². The molecule has 2 aliphatic heterocycles. The highest BCUT2D eigenvalue weighted by Gasteiger charge is 2.17. The van der Waals surface area contributed by atoms with Crippen molar-refractivity contribution >= 4 is 55.8 Å². The van der Waals surface area contributed by atoms with E-state index in [1.807, 2.05) is 100 Å². The second-order valence-corrected chi connectivity index (χ2v) is 11.8. The molecule has 10 heteroatoms. The number of hydrogen-bond donors (Lipinski definition) is 4. The Labute approximate surface area is 257 Å². The van der Waals surface area contributed by atoms with Gasteiger partial charge in [-0.05, 0) is 86.3 Å². The van der Waals surface area contributed by atoms with Gasteiger partial charge in [0, 0.05) is 11.4 Å². The predicted molar refractivity (Wildman–Crippen MR) is 176 cm³/mol. The van der Waals surface area contributed by atoms with Crippen molar-refractivity contribution in [1.82, 2.24) is 9.97 Å². The molecule has 2 aromatic heterocycles. The molecular formula is C34H32N4O5S. The number of fused-ring (bicyclic) bond motifs is 4. The SMILES string of the molecule is Cc1ccc2[nH]c(=O)oc2c1.Cc1ccc2[nH]c(=O)sc2c1.Cc1ccc2c(c1)CC(=O)N2.Cc1ccc2c(c1)CC(=O)N2. The zero-order valence-corrected chi connectivity index (χ0v) is 25.6. The van der Waals surface area contributed by atoms with Gasteiger partial charge in [-0.3, -0.25) is 19.4 Å². The summed E-state index contributed by atoms with van der Waals surface area (Å²) in [4.78, 5) is 48.7. The molecule has 0 fully saturated rings. The van der Waals surface area contributed by atoms with Gasteiger partial charge in [0.2, 0.25) is 11.8 Å². The minimum absolute atomic E-state index is 0.0191. The molecule has 0 spiro atoms. The van der Waals surface area contributed by atoms with Gasteiger partial charge >= 0.3 is 10.6 Å². The number of rotatable bonds is 0. The zero-order chi connectivity index (χ0) is 31.4. The minimum atomic E-state index is -0.398. The highest BCUT2D eigenvalue weighted by molar-refractivity contribution is 7.16. The lowest BCUT2D eigenvalue weighted by Crippen LogP contribution is -2.03. The fourth-order valence-electron chi connectivity index (χ4n) is 4.82. The van der Waals surface area contributed by atoms with Gasteiger partial charge in [-0.15, -0.1) is 0 Å². The third kappa shape index (κ3) is 7.59. The average molecular weight is 609 g/mol. The van der Waals surface area contributed by atoms with Crippen LogP contribution in [0, 0.1) is 27.7 Å². The van der Waals surface area contributed by atoms with Gasteiger partial charge in [-0.2, -0.15) is 0 Å². The number of aryl methyl sites for hydroxylation is 4. The van der Waals surface area contributed by atoms with Crippen LogP contribution < -0.4 is 21.3 Å². The van der Waals surface area contributed by atoms with Gasteiger partial charge < -0.3 is 20.0 Å². The first-order valence-electron chi connectivity index (χ1n) is 14.0. The van der Waals surface area contributed by atoms with E-state index < -0.39 is 5.76 Å². The molecule has 2 aliphatic rings. The van der Waals surface area contributed by atoms with E-state index in [9.17, 15) is 19.2 Å². The van der Waals surface area contributed by atoms with E-state index in [0.29, 0.717) is 18.4 Å². The van der Waals surface area contributed by atoms with E-state index in [-0.39, 0.29) is 16.7 Å². The molecule has 0 bridgehead atoms. The van der Waals surface area contributed by atoms with Crippen molar-refractivity contribution in [2.75, 3.05) is 10.6 Å². The Morgan fingerprint density at radius 2 is 1.09 bits per heavy atom. The Kier molecular flexibility index (Phi) is 8.91. The number of carbonyl (C=O) groups is 2. The number of thiazole rings is 1. The van der Waals surface area contributed by atoms with Crippen LogP contribution in [0.5, 0.6) is 0 Å². The molecule has 0 atom stereocenters. The van der Waals surface area contributed by atoms with Gasteiger partial charge in [0.1, 0.15) is 0 Å². The number of H-pyrrole nitrogens is 2. The maximum atomic E-state index is 10.9. The maximum Gasteiger partial charge on any atom is 0.417 e. The first-order chi connectivity index (χ1) is 21.0. The van der Waals surface area contributed by atoms with Crippen LogP contribution in [0.25, 0.3) is 21.3 Å². The first-order valence-corrected chi connectivity index (χ1v) is 14.8. The van der Waals surface area contributed by atoms with E-state index in [2.05, 4.69) is 20.6 Å². The molecular weight excluding hydrogens is 576 g/mol. The molecule has 0 unspecified atom stereocenters. The molecule has 6 aromatic rings. The van der Waals surface area contributed by atoms with Crippen LogP contribution in [0.1, 0.15) is 33.4 Å². The Balaban J connectivity index is 0.000000116. The van der Waals surface area contributed by atoms with Crippen molar-refractivity contribution in [2.45, 2.75) is 40.5 Å². The average Bonchev–Trinajstić information content (AvgIpc) is 3.71. The third-order valence-electron chi connectivity index (χ3n) is 6.92. The lowest BCUT2D eigenvalue weighted by molar-refractivity contribution is -0.115. The van der Waals surface area contributed by atoms with Crippen LogP contribution in [0.2, 0.25) is 0 Å². The quantitative estimate of drug-likeness (QED) is 0.160. The van der Waals surface area contributed by atoms with Gasteiger partial charge in [0.15, 0.2) is 5.58 Å². The molecule has 44 heavy (non-hydrogen) atoms. The van der Waals surface area contributed by atoms with Crippen LogP contribution in [-0.2, 0) is 22.4 Å². The largest absolute Gasteiger partial charge is 0.417 e. The predicted octanol–water partition coefficient (Wildman–Crippen LogP) is 6.31. The second kappa shape index (κ2) is 13.0. The second-order valence-electron chi connectivity index (χ2n) is 10.8. The molecule has 0 radical (unpaired) electrons. The topological polar surface area (TPSA) is 137 Å². The van der Waals surface area contributed by atoms with Crippen molar-refractivity contribution in [3.8, 4) is 0 Å². The van der Waals surface area contributed by atoms with E-state index >= 15 is 0 Å². The summed E-state index contributed by atoms with van der Waals surface area (Å²) in [6.07, 6.45) is 1.08. The number of anilines is 2. The molecule has 0 saturated heterocycles. The Morgan fingerprint density at radius 3 is 1.68 bits per heavy atom. The summed E-state index contributed by atoms with van der Waals surface area (Å²) in [5.74, 6) is -0.193. The fraction of sp³-hybridized carbons (Fsp3) is 0.176. The number of aromatic nitrogens is 2. The van der Waals surface area contributed by atoms with Crippen molar-refractivity contribution in [2.24, 2.45) is 0 Å². The Bertz CT molecular complexity index is 1970. The smallest absolute Gasteiger partial charge is 0.408 e. The molecule has 2 amide bonds. The maximum absolute atomic E-state index is 10.9. The third-order valence-corrected chi connectivity index (χ3v) is 7.77. The summed E-state index contributed by atoms with van der Waals surface area (Å²) in [5.41, 5.74) is 11.2. The number of nitrogens with one attached hydrogen (secondary N) is 4. The van der Waals surface area contributed by atoms with Gasteiger partial charge in [0.05, 0.1) is 28.6 Å². The van der Waals surface area contributed by atoms with E-state index in [1.165, 1.54) is 28.0 Å². The van der Waals surface area contributed by atoms with Crippen LogP contribution in [0.4, 0.5) is 11.4 Å². The number of hydrogen-bond acceptors (Lipinski definition) is 6. The first kappa shape index (κ1) is 30.2. The summed E-state index contributed by atoms with van der Waals surface area (Å²) in [6.45, 7) is 8.03. The molecule has 9 nitrogen and oxygen atoms in total. The van der Waals surface area contributed by atoms with Gasteiger partial charge in [-0.1, -0.05) is 58.9 Å². The summed E-state index contributed by atoms with van der Waals surface area (Å²) < 4.78 is 5.87. The molecule has 4 heterocycles. The normalized spacial score (nSPS) is 12.5. The zero-order valence-electron chi connectivity index (χ0n) is 24.8. The molecule has 0 aliphatic carbocycles. The van der Waals surface area contributed by atoms with E-state index in [1.54, 1.807) is 0 Å². The number of carbonyl (C=O) groups excluding carboxylic acids is 2. The molecule has 224 valence electrons. The number of oxazole rings is 1. The summed E-state index contributed by atoms with van der Waals surface area (Å²) in [7, 11) is 0. The van der Waals surface area contributed by atoms with E-state index in [0.717, 1.165) is 43.8 Å². The molecule has 0 saturated carbocycles. The summed E-state index contributed by atoms with van der Waals surface area (Å²) in [6, 6.07) is 23.5. The van der Waals surface area contributed by atoms with E-state index in [4.69, 9.17) is 4.42 Å². The van der Waals surface area contributed by atoms with Crippen molar-refractivity contribution in [3.63, 3.8) is 0 Å². The molecule has 4 N–H and O–H groups in total. The van der Waals surface area contributed by atoms with Crippen LogP contribution in [0.15, 0.2) is 86.8 Å². The van der Waals surface area contributed by atoms with Crippen LogP contribution in [0.3, 0.4) is 0 Å². The van der Waals surface area contributed by atoms with Crippen molar-refractivity contribution < 1.29 is 14.0 Å². The monoisotopic (exact) mass is 608 g/mol. The lowest BCUT2D eigenvalue weighted by Gasteiger charge is -1.97. The Hall–Kier alpha value is -5.22. The molecule has 4 aromatic carbocycles. The standard InChI is InChI=1S/2C9H9NO.C8H7NO2.C8H7NOS/c2*1-6-2-3-8-7(4-6)5-9(11)10-8;2*1-5-2-3-6-7(4-5)11-8(10)9-6/h2*2-4H,5H2,1H3,(H,10,11);2*2-4H,1H3,(H,9,10). The number of amides is 2. The van der Waals surface area contributed by atoms with Crippen molar-refractivity contribution in [1.29, 1.82) is 0 Å². The fourth-order valence-corrected chi connectivity index (χ4v) is 5.66. The van der Waals surface area contributed by atoms with Crippen LogP contribution in [-0.4, -0.2) is 21.8 Å². The highest BCUT2D eigenvalue weighted by atomic mass is 32.1. The number of aromatic amines is 2. The Morgan fingerprint density at radius 1 is 0.591 bits per heavy atom. The van der Waals surface area contributed by atoms with Gasteiger partial charge in [-0.25, -0.2) is 4.79 Å². The summed E-state index contributed by atoms with van der Waals surface area (Å²) >= 11 is 1.26.